The minimum absolute atomic E-state index is 0.174. The van der Waals surface area contributed by atoms with Gasteiger partial charge >= 0.3 is 0 Å². The van der Waals surface area contributed by atoms with E-state index in [-0.39, 0.29) is 6.04 Å². The molecular weight excluding hydrogens is 290 g/mol. The molecule has 2 nitrogen and oxygen atoms in total. The topological polar surface area (TPSA) is 21.3 Å². The van der Waals surface area contributed by atoms with Crippen LogP contribution in [0.4, 0.5) is 0 Å². The van der Waals surface area contributed by atoms with Crippen LogP contribution < -0.4 is 5.32 Å². The lowest BCUT2D eigenvalue weighted by atomic mass is 10.00. The molecule has 3 rings (SSSR count). The van der Waals surface area contributed by atoms with Gasteiger partial charge in [-0.15, -0.1) is 11.3 Å². The number of nitrogens with one attached hydrogen (secondary N) is 1. The Balaban J connectivity index is 1.94. The molecule has 2 heterocycles. The van der Waals surface area contributed by atoms with Gasteiger partial charge < -0.3 is 10.1 Å². The van der Waals surface area contributed by atoms with Crippen LogP contribution in [-0.4, -0.2) is 6.54 Å². The van der Waals surface area contributed by atoms with E-state index in [9.17, 15) is 0 Å². The van der Waals surface area contributed by atoms with Crippen molar-refractivity contribution in [3.05, 3.63) is 56.2 Å². The third-order valence-electron chi connectivity index (χ3n) is 3.58. The lowest BCUT2D eigenvalue weighted by Crippen LogP contribution is -2.22. The molecule has 0 saturated carbocycles. The smallest absolute Gasteiger partial charge is 0.0725 e. The Hall–Kier alpha value is -0.870. The van der Waals surface area contributed by atoms with E-state index in [4.69, 9.17) is 16.3 Å². The number of ether oxygens (including phenoxy) is 1. The molecule has 0 amide bonds. The maximum atomic E-state index is 6.33. The Labute approximate surface area is 128 Å². The number of hydrogen-bond donors (Lipinski definition) is 1. The second-order valence-electron chi connectivity index (χ2n) is 5.04. The quantitative estimate of drug-likeness (QED) is 0.877. The van der Waals surface area contributed by atoms with Crippen LogP contribution in [0, 0.1) is 0 Å². The average molecular weight is 308 g/mol. The third kappa shape index (κ3) is 2.77. The lowest BCUT2D eigenvalue weighted by Gasteiger charge is -2.19. The van der Waals surface area contributed by atoms with Gasteiger partial charge in [0.25, 0.3) is 0 Å². The maximum Gasteiger partial charge on any atom is 0.0725 e. The highest BCUT2D eigenvalue weighted by molar-refractivity contribution is 7.10. The van der Waals surface area contributed by atoms with Crippen molar-refractivity contribution in [3.63, 3.8) is 0 Å². The summed E-state index contributed by atoms with van der Waals surface area (Å²) in [5.41, 5.74) is 3.88. The molecule has 0 fully saturated rings. The van der Waals surface area contributed by atoms with Crippen LogP contribution in [-0.2, 0) is 18.0 Å². The number of rotatable bonds is 5. The Morgan fingerprint density at radius 3 is 2.90 bits per heavy atom. The number of hydrogen-bond acceptors (Lipinski definition) is 3. The highest BCUT2D eigenvalue weighted by Crippen LogP contribution is 2.34. The van der Waals surface area contributed by atoms with Gasteiger partial charge in [-0.05, 0) is 41.1 Å². The third-order valence-corrected chi connectivity index (χ3v) is 5.01. The standard InChI is InChI=1S/C16H18ClNOS/c1-2-6-18-15(16-14(17)5-7-20-16)11-3-4-12-9-19-10-13(12)8-11/h3-5,7-8,15,18H,2,6,9-10H2,1H3. The minimum Gasteiger partial charge on any atom is -0.372 e. The molecule has 4 heteroatoms. The van der Waals surface area contributed by atoms with E-state index >= 15 is 0 Å². The molecule has 0 bridgehead atoms. The SMILES string of the molecule is CCCNC(c1ccc2c(c1)COC2)c1sccc1Cl. The van der Waals surface area contributed by atoms with Crippen molar-refractivity contribution < 1.29 is 4.74 Å². The number of benzene rings is 1. The molecule has 1 aliphatic heterocycles. The van der Waals surface area contributed by atoms with E-state index in [1.54, 1.807) is 11.3 Å². The van der Waals surface area contributed by atoms with Crippen molar-refractivity contribution in [2.45, 2.75) is 32.6 Å². The summed E-state index contributed by atoms with van der Waals surface area (Å²) in [6.07, 6.45) is 1.10. The first-order valence-corrected chi connectivity index (χ1v) is 8.21. The molecule has 1 aromatic heterocycles. The van der Waals surface area contributed by atoms with E-state index in [2.05, 4.69) is 35.8 Å². The van der Waals surface area contributed by atoms with Gasteiger partial charge in [0.05, 0.1) is 24.3 Å². The summed E-state index contributed by atoms with van der Waals surface area (Å²) in [5, 5.41) is 6.50. The van der Waals surface area contributed by atoms with Crippen LogP contribution in [0.25, 0.3) is 0 Å². The first-order valence-electron chi connectivity index (χ1n) is 6.95. The molecule has 1 aromatic carbocycles. The molecule has 0 spiro atoms. The zero-order valence-electron chi connectivity index (χ0n) is 11.5. The van der Waals surface area contributed by atoms with Gasteiger partial charge in [-0.1, -0.05) is 36.7 Å². The molecule has 0 aliphatic carbocycles. The first-order chi connectivity index (χ1) is 9.79. The fourth-order valence-corrected chi connectivity index (χ4v) is 3.80. The summed E-state index contributed by atoms with van der Waals surface area (Å²) < 4.78 is 5.50. The van der Waals surface area contributed by atoms with Gasteiger partial charge in [-0.3, -0.25) is 0 Å². The van der Waals surface area contributed by atoms with Crippen molar-refractivity contribution in [2.24, 2.45) is 0 Å². The summed E-state index contributed by atoms with van der Waals surface area (Å²) in [4.78, 5) is 1.19. The Kier molecular flexibility index (Phi) is 4.41. The normalized spacial score (nSPS) is 15.3. The second-order valence-corrected chi connectivity index (χ2v) is 6.40. The molecule has 1 unspecified atom stereocenters. The van der Waals surface area contributed by atoms with Gasteiger partial charge in [-0.2, -0.15) is 0 Å². The monoisotopic (exact) mass is 307 g/mol. The van der Waals surface area contributed by atoms with Crippen molar-refractivity contribution in [3.8, 4) is 0 Å². The molecular formula is C16H18ClNOS. The van der Waals surface area contributed by atoms with Crippen LogP contribution in [0.5, 0.6) is 0 Å². The highest BCUT2D eigenvalue weighted by atomic mass is 35.5. The molecule has 106 valence electrons. The second kappa shape index (κ2) is 6.27. The lowest BCUT2D eigenvalue weighted by molar-refractivity contribution is 0.134. The number of halogens is 1. The number of fused-ring (bicyclic) bond motifs is 1. The molecule has 1 atom stereocenters. The minimum atomic E-state index is 0.174. The van der Waals surface area contributed by atoms with E-state index in [1.165, 1.54) is 21.6 Å². The Morgan fingerprint density at radius 2 is 2.15 bits per heavy atom. The van der Waals surface area contributed by atoms with Gasteiger partial charge in [0, 0.05) is 4.88 Å². The summed E-state index contributed by atoms with van der Waals surface area (Å²) in [6, 6.07) is 8.77. The van der Waals surface area contributed by atoms with Crippen LogP contribution in [0.3, 0.4) is 0 Å². The molecule has 1 aliphatic rings. The summed E-state index contributed by atoms with van der Waals surface area (Å²) in [7, 11) is 0. The van der Waals surface area contributed by atoms with E-state index in [0.717, 1.165) is 31.2 Å². The van der Waals surface area contributed by atoms with E-state index in [0.29, 0.717) is 0 Å². The fraction of sp³-hybridized carbons (Fsp3) is 0.375. The fourth-order valence-electron chi connectivity index (χ4n) is 2.53. The van der Waals surface area contributed by atoms with Gasteiger partial charge in [0.1, 0.15) is 0 Å². The summed E-state index contributed by atoms with van der Waals surface area (Å²) in [5.74, 6) is 0. The van der Waals surface area contributed by atoms with Gasteiger partial charge in [-0.25, -0.2) is 0 Å². The van der Waals surface area contributed by atoms with Crippen LogP contribution >= 0.6 is 22.9 Å². The predicted molar refractivity (Wildman–Crippen MR) is 84.4 cm³/mol. The molecule has 2 aromatic rings. The van der Waals surface area contributed by atoms with Crippen molar-refractivity contribution in [1.29, 1.82) is 0 Å². The average Bonchev–Trinajstić information content (AvgIpc) is 3.08. The highest BCUT2D eigenvalue weighted by Gasteiger charge is 2.20. The van der Waals surface area contributed by atoms with Crippen LogP contribution in [0.1, 0.15) is 41.0 Å². The summed E-state index contributed by atoms with van der Waals surface area (Å²) in [6.45, 7) is 4.62. The van der Waals surface area contributed by atoms with Gasteiger partial charge in [0.2, 0.25) is 0 Å². The van der Waals surface area contributed by atoms with Crippen molar-refractivity contribution in [1.82, 2.24) is 5.32 Å². The molecule has 1 N–H and O–H groups in total. The van der Waals surface area contributed by atoms with Crippen LogP contribution in [0.2, 0.25) is 5.02 Å². The van der Waals surface area contributed by atoms with Crippen LogP contribution in [0.15, 0.2) is 29.6 Å². The molecule has 0 saturated heterocycles. The Bertz CT molecular complexity index is 596. The Morgan fingerprint density at radius 1 is 1.30 bits per heavy atom. The largest absolute Gasteiger partial charge is 0.372 e. The number of thiophene rings is 1. The van der Waals surface area contributed by atoms with E-state index in [1.807, 2.05) is 6.07 Å². The van der Waals surface area contributed by atoms with Crippen molar-refractivity contribution >= 4 is 22.9 Å². The maximum absolute atomic E-state index is 6.33. The summed E-state index contributed by atoms with van der Waals surface area (Å²) >= 11 is 8.04. The van der Waals surface area contributed by atoms with Gasteiger partial charge in [0.15, 0.2) is 0 Å². The predicted octanol–water partition coefficient (Wildman–Crippen LogP) is 4.52. The first kappa shape index (κ1) is 14.1. The molecule has 20 heavy (non-hydrogen) atoms. The molecule has 0 radical (unpaired) electrons. The zero-order chi connectivity index (χ0) is 13.9. The van der Waals surface area contributed by atoms with E-state index < -0.39 is 0 Å². The van der Waals surface area contributed by atoms with Crippen molar-refractivity contribution in [2.75, 3.05) is 6.54 Å². The zero-order valence-corrected chi connectivity index (χ0v) is 13.1.